The summed E-state index contributed by atoms with van der Waals surface area (Å²) in [5, 5.41) is 27.8. The molecule has 6 heterocycles. The van der Waals surface area contributed by atoms with E-state index in [1.165, 1.54) is 109 Å². The zero-order valence-electron chi connectivity index (χ0n) is 80.0. The maximum atomic E-state index is 6.99. The van der Waals surface area contributed by atoms with Gasteiger partial charge in [-0.05, 0) is 303 Å². The monoisotopic (exact) mass is 1870 g/mol. The molecule has 9 heteroatoms. The number of fused-ring (bicyclic) bond motifs is 24. The van der Waals surface area contributed by atoms with Gasteiger partial charge < -0.3 is 13.3 Å². The van der Waals surface area contributed by atoms with Gasteiger partial charge in [0.25, 0.3) is 0 Å². The van der Waals surface area contributed by atoms with E-state index in [-0.39, 0.29) is 0 Å². The minimum absolute atomic E-state index is 0.754. The summed E-state index contributed by atoms with van der Waals surface area (Å²) in [5.41, 5.74) is 33.7. The lowest BCUT2D eigenvalue weighted by atomic mass is 9.86. The Morgan fingerprint density at radius 1 is 0.204 bits per heavy atom. The molecule has 684 valence electrons. The van der Waals surface area contributed by atoms with Gasteiger partial charge in [-0.3, -0.25) is 13.7 Å². The van der Waals surface area contributed by atoms with Crippen LogP contribution in [0.25, 0.3) is 313 Å². The van der Waals surface area contributed by atoms with Crippen LogP contribution in [0.1, 0.15) is 18.6 Å². The largest absolute Gasteiger partial charge is 0.456 e. The van der Waals surface area contributed by atoms with E-state index in [1.807, 2.05) is 0 Å². The number of furan rings is 3. The highest BCUT2D eigenvalue weighted by atomic mass is 16.3. The summed E-state index contributed by atoms with van der Waals surface area (Å²) in [6.07, 6.45) is 0.754. The van der Waals surface area contributed by atoms with E-state index < -0.39 is 0 Å². The smallest absolute Gasteiger partial charge is 0.145 e. The van der Waals surface area contributed by atoms with Crippen LogP contribution in [0.2, 0.25) is 0 Å². The van der Waals surface area contributed by atoms with Crippen molar-refractivity contribution >= 4 is 196 Å². The fourth-order valence-electron chi connectivity index (χ4n) is 25.0. The lowest BCUT2D eigenvalue weighted by Gasteiger charge is -2.18. The zero-order valence-corrected chi connectivity index (χ0v) is 80.0. The van der Waals surface area contributed by atoms with Gasteiger partial charge in [-0.25, -0.2) is 15.0 Å². The van der Waals surface area contributed by atoms with E-state index >= 15 is 0 Å². The average Bonchev–Trinajstić information content (AvgIpc) is 1.61. The van der Waals surface area contributed by atoms with Crippen molar-refractivity contribution in [1.29, 1.82) is 0 Å². The van der Waals surface area contributed by atoms with Crippen molar-refractivity contribution in [2.45, 2.75) is 20.3 Å². The summed E-state index contributed by atoms with van der Waals surface area (Å²) in [5.74, 6) is 2.82. The molecule has 6 aromatic heterocycles. The Bertz CT molecular complexity index is 10900. The summed E-state index contributed by atoms with van der Waals surface area (Å²) in [6.45, 7) is 4.33. The third-order valence-corrected chi connectivity index (χ3v) is 31.3. The van der Waals surface area contributed by atoms with Gasteiger partial charge in [-0.1, -0.05) is 347 Å². The lowest BCUT2D eigenvalue weighted by Crippen LogP contribution is -2.00. The second kappa shape index (κ2) is 32.1. The van der Waals surface area contributed by atoms with Crippen LogP contribution in [0.4, 0.5) is 0 Å². The Labute approximate surface area is 842 Å². The van der Waals surface area contributed by atoms with Gasteiger partial charge in [0.1, 0.15) is 51.0 Å². The maximum Gasteiger partial charge on any atom is 0.145 e. The van der Waals surface area contributed by atoms with Crippen molar-refractivity contribution in [3.05, 3.63) is 473 Å². The summed E-state index contributed by atoms with van der Waals surface area (Å²) in [7, 11) is 0. The van der Waals surface area contributed by atoms with Crippen molar-refractivity contribution in [3.8, 4) is 117 Å². The Balaban J connectivity index is 0.435. The van der Waals surface area contributed by atoms with Crippen LogP contribution >= 0.6 is 0 Å². The summed E-state index contributed by atoms with van der Waals surface area (Å²) < 4.78 is 27.6. The minimum atomic E-state index is 0.754. The van der Waals surface area contributed by atoms with E-state index in [1.54, 1.807) is 0 Å². The highest BCUT2D eigenvalue weighted by Crippen LogP contribution is 2.53. The zero-order chi connectivity index (χ0) is 96.5. The Kier molecular flexibility index (Phi) is 18.0. The number of para-hydroxylation sites is 4. The van der Waals surface area contributed by atoms with Crippen molar-refractivity contribution in [1.82, 2.24) is 28.7 Å². The number of hydrogen-bond donors (Lipinski definition) is 0. The molecule has 0 aliphatic rings. The van der Waals surface area contributed by atoms with Crippen LogP contribution in [0.5, 0.6) is 0 Å². The average molecular weight is 1870 g/mol. The maximum absolute atomic E-state index is 6.99. The van der Waals surface area contributed by atoms with Crippen LogP contribution in [0.15, 0.2) is 474 Å². The molecule has 31 rings (SSSR count). The van der Waals surface area contributed by atoms with Crippen molar-refractivity contribution in [2.24, 2.45) is 0 Å². The van der Waals surface area contributed by atoms with Gasteiger partial charge in [-0.2, -0.15) is 0 Å². The molecule has 0 N–H and O–H groups in total. The van der Waals surface area contributed by atoms with Gasteiger partial charge in [0.2, 0.25) is 0 Å². The highest BCUT2D eigenvalue weighted by Gasteiger charge is 2.29. The second-order valence-corrected chi connectivity index (χ2v) is 39.2. The number of imidazole rings is 3. The fourth-order valence-corrected chi connectivity index (χ4v) is 25.0. The summed E-state index contributed by atoms with van der Waals surface area (Å²) in [6, 6.07) is 168. The van der Waals surface area contributed by atoms with Crippen molar-refractivity contribution in [2.75, 3.05) is 0 Å². The summed E-state index contributed by atoms with van der Waals surface area (Å²) >= 11 is 0. The quantitative estimate of drug-likeness (QED) is 0.107. The van der Waals surface area contributed by atoms with E-state index in [4.69, 9.17) is 28.2 Å². The lowest BCUT2D eigenvalue weighted by molar-refractivity contribution is 0.669. The normalized spacial score (nSPS) is 12.2. The molecule has 0 unspecified atom stereocenters. The number of aryl methyl sites for hydroxylation is 2. The van der Waals surface area contributed by atoms with Crippen LogP contribution in [0.3, 0.4) is 0 Å². The molecule has 0 bridgehead atoms. The molecule has 25 aromatic carbocycles. The first kappa shape index (κ1) is 82.4. The molecular weight excluding hydrogens is 1790 g/mol. The third-order valence-electron chi connectivity index (χ3n) is 31.3. The first-order valence-corrected chi connectivity index (χ1v) is 50.5. The molecule has 0 spiro atoms. The molecule has 0 aliphatic carbocycles. The Morgan fingerprint density at radius 3 is 1.03 bits per heavy atom. The molecule has 0 amide bonds. The predicted molar refractivity (Wildman–Crippen MR) is 613 cm³/mol. The Hall–Kier alpha value is -19.4. The second-order valence-electron chi connectivity index (χ2n) is 39.2. The topological polar surface area (TPSA) is 92.9 Å². The standard InChI is InChI=1S/C138H84N6O3/c1-3-126-141-136-96(42-24-49-119(136)143(126)92-64-52-83(53-65-92)128-102-32-11-17-38-108(102)130(109-39-18-12-33-103(109)128)88-57-69-113-123(77-88)145-120-73-60-81-26-7-8-29-94(81)133(113)120)87-56-68-95-86(76-87)61-74-121-134(95)114-70-58-89(78-124(114)146-121)131-106-36-15-9-30-100(106)127(101-31-10-16-37-107(101)131)82-50-62-91(63-51-82)142-80(2)139-137-112(45-25-48-118(137)142)97-43-23-44-99-98(97)72-75-122-135(99)115-71-59-90(79-125(115)147-122)132-110-40-19-13-34-104(110)129(105-35-14-20-41-111(105)132)84-54-66-93(67-55-84)144-117-47-22-21-46-116(117)140-138(144)85-27-5-4-6-28-85/h4-79H,3H2,1-2H3. The fraction of sp³-hybridized carbons (Fsp3) is 0.0217. The van der Waals surface area contributed by atoms with Gasteiger partial charge in [0, 0.05) is 72.5 Å². The number of nitrogens with zero attached hydrogens (tertiary/aromatic N) is 6. The molecule has 0 atom stereocenters. The van der Waals surface area contributed by atoms with Gasteiger partial charge in [0.15, 0.2) is 0 Å². The van der Waals surface area contributed by atoms with Crippen LogP contribution in [0, 0.1) is 6.92 Å². The van der Waals surface area contributed by atoms with Crippen LogP contribution < -0.4 is 0 Å². The Morgan fingerprint density at radius 2 is 0.544 bits per heavy atom. The number of benzene rings is 25. The molecule has 9 nitrogen and oxygen atoms in total. The number of aromatic nitrogens is 6. The minimum Gasteiger partial charge on any atom is -0.456 e. The van der Waals surface area contributed by atoms with E-state index in [0.29, 0.717) is 0 Å². The van der Waals surface area contributed by atoms with E-state index in [0.717, 1.165) is 223 Å². The molecule has 0 fully saturated rings. The van der Waals surface area contributed by atoms with Gasteiger partial charge in [-0.15, -0.1) is 0 Å². The van der Waals surface area contributed by atoms with E-state index in [9.17, 15) is 0 Å². The molecule has 147 heavy (non-hydrogen) atoms. The number of hydrogen-bond acceptors (Lipinski definition) is 6. The molecular formula is C138H84N6O3. The molecule has 0 radical (unpaired) electrons. The highest BCUT2D eigenvalue weighted by molar-refractivity contribution is 6.29. The molecule has 0 saturated carbocycles. The first-order valence-electron chi connectivity index (χ1n) is 50.5. The van der Waals surface area contributed by atoms with Crippen molar-refractivity contribution in [3.63, 3.8) is 0 Å². The molecule has 0 aliphatic heterocycles. The van der Waals surface area contributed by atoms with E-state index in [2.05, 4.69) is 489 Å². The predicted octanol–water partition coefficient (Wildman–Crippen LogP) is 37.7. The summed E-state index contributed by atoms with van der Waals surface area (Å²) in [4.78, 5) is 16.1. The SMILES string of the molecule is CCc1nc2c(-c3ccc4c(ccc5oc6cc(-c7c8ccccc8c(-c8ccc(-n9c(C)nc%10c(-c%11cccc%12c%11ccc%11oc%13cc(-c%14c%15ccccc%15c(-c%15ccc(-n%16c(-c%17ccccc%17)nc%17ccccc%17%16)cc%15)c%15ccccc%14%15)ccc%13c%11%12)cccc%109)cc8)c8ccccc78)ccc6c54)c3)cccc2n1-c1ccc(-c2c3ccccc3c(-c3ccc4c(c3)oc3ccc5ccccc5c34)c3ccccc23)cc1. The van der Waals surface area contributed by atoms with Crippen molar-refractivity contribution < 1.29 is 13.3 Å². The molecule has 0 saturated heterocycles. The first-order chi connectivity index (χ1) is 72.8. The van der Waals surface area contributed by atoms with Gasteiger partial charge in [0.05, 0.1) is 33.1 Å². The third kappa shape index (κ3) is 12.4. The van der Waals surface area contributed by atoms with Gasteiger partial charge >= 0.3 is 0 Å². The van der Waals surface area contributed by atoms with Crippen LogP contribution in [-0.4, -0.2) is 28.7 Å². The van der Waals surface area contributed by atoms with Crippen LogP contribution in [-0.2, 0) is 6.42 Å². The molecule has 31 aromatic rings. The number of rotatable bonds is 13.